The lowest BCUT2D eigenvalue weighted by Crippen LogP contribution is -2.41. The van der Waals surface area contributed by atoms with Gasteiger partial charge < -0.3 is 10.0 Å². The lowest BCUT2D eigenvalue weighted by Gasteiger charge is -2.32. The third kappa shape index (κ3) is 3.69. The molecule has 0 spiro atoms. The SMILES string of the molecule is CC(O)CCC(=O)N1CCC(N2CCCCC2)C1. The fourth-order valence-electron chi connectivity index (χ4n) is 3.04. The van der Waals surface area contributed by atoms with E-state index >= 15 is 0 Å². The first-order valence-corrected chi connectivity index (χ1v) is 7.36. The van der Waals surface area contributed by atoms with E-state index in [-0.39, 0.29) is 12.0 Å². The van der Waals surface area contributed by atoms with Gasteiger partial charge in [0.25, 0.3) is 0 Å². The highest BCUT2D eigenvalue weighted by Crippen LogP contribution is 2.20. The molecule has 2 rings (SSSR count). The molecule has 104 valence electrons. The molecule has 0 saturated carbocycles. The van der Waals surface area contributed by atoms with Crippen LogP contribution >= 0.6 is 0 Å². The average molecular weight is 254 g/mol. The lowest BCUT2D eigenvalue weighted by molar-refractivity contribution is -0.130. The van der Waals surface area contributed by atoms with Gasteiger partial charge in [-0.2, -0.15) is 0 Å². The minimum atomic E-state index is -0.366. The maximum Gasteiger partial charge on any atom is 0.222 e. The summed E-state index contributed by atoms with van der Waals surface area (Å²) in [6.07, 6.45) is 5.82. The van der Waals surface area contributed by atoms with Crippen LogP contribution in [0.15, 0.2) is 0 Å². The van der Waals surface area contributed by atoms with Crippen LogP contribution in [0.1, 0.15) is 45.4 Å². The van der Waals surface area contributed by atoms with Crippen LogP contribution in [0.4, 0.5) is 0 Å². The Morgan fingerprint density at radius 2 is 2.00 bits per heavy atom. The number of amides is 1. The molecule has 2 unspecified atom stereocenters. The first-order valence-electron chi connectivity index (χ1n) is 7.36. The quantitative estimate of drug-likeness (QED) is 0.821. The minimum Gasteiger partial charge on any atom is -0.393 e. The third-order valence-corrected chi connectivity index (χ3v) is 4.20. The summed E-state index contributed by atoms with van der Waals surface area (Å²) in [5.41, 5.74) is 0. The molecule has 18 heavy (non-hydrogen) atoms. The Bertz CT molecular complexity index is 275. The van der Waals surface area contributed by atoms with Crippen LogP contribution in [0.3, 0.4) is 0 Å². The van der Waals surface area contributed by atoms with Gasteiger partial charge in [-0.1, -0.05) is 6.42 Å². The second kappa shape index (κ2) is 6.53. The summed E-state index contributed by atoms with van der Waals surface area (Å²) in [5.74, 6) is 0.218. The normalized spacial score (nSPS) is 27.4. The van der Waals surface area contributed by atoms with Crippen LogP contribution in [0, 0.1) is 0 Å². The van der Waals surface area contributed by atoms with Crippen molar-refractivity contribution in [2.75, 3.05) is 26.2 Å². The Hall–Kier alpha value is -0.610. The molecule has 2 aliphatic heterocycles. The molecule has 2 heterocycles. The van der Waals surface area contributed by atoms with Gasteiger partial charge in [-0.25, -0.2) is 0 Å². The Balaban J connectivity index is 1.75. The predicted octanol–water partition coefficient (Wildman–Crippen LogP) is 1.23. The van der Waals surface area contributed by atoms with Gasteiger partial charge in [-0.3, -0.25) is 9.69 Å². The number of aliphatic hydroxyl groups excluding tert-OH is 1. The largest absolute Gasteiger partial charge is 0.393 e. The van der Waals surface area contributed by atoms with Crippen LogP contribution in [0.25, 0.3) is 0 Å². The maximum atomic E-state index is 12.0. The summed E-state index contributed by atoms with van der Waals surface area (Å²) in [5, 5.41) is 9.22. The number of carbonyl (C=O) groups is 1. The highest BCUT2D eigenvalue weighted by atomic mass is 16.3. The molecule has 2 aliphatic rings. The van der Waals surface area contributed by atoms with Gasteiger partial charge in [-0.15, -0.1) is 0 Å². The minimum absolute atomic E-state index is 0.218. The number of piperidine rings is 1. The van der Waals surface area contributed by atoms with Crippen LogP contribution in [0.2, 0.25) is 0 Å². The maximum absolute atomic E-state index is 12.0. The first-order chi connectivity index (χ1) is 8.66. The number of nitrogens with zero attached hydrogens (tertiary/aromatic N) is 2. The molecule has 0 aromatic rings. The van der Waals surface area contributed by atoms with Crippen molar-refractivity contribution in [3.8, 4) is 0 Å². The van der Waals surface area contributed by atoms with Gasteiger partial charge in [0.15, 0.2) is 0 Å². The van der Waals surface area contributed by atoms with Crippen molar-refractivity contribution >= 4 is 5.91 Å². The summed E-state index contributed by atoms with van der Waals surface area (Å²) in [6.45, 7) is 5.97. The smallest absolute Gasteiger partial charge is 0.222 e. The van der Waals surface area contributed by atoms with Crippen LogP contribution in [0.5, 0.6) is 0 Å². The summed E-state index contributed by atoms with van der Waals surface area (Å²) in [4.78, 5) is 16.5. The molecule has 0 radical (unpaired) electrons. The van der Waals surface area contributed by atoms with E-state index < -0.39 is 0 Å². The van der Waals surface area contributed by atoms with Crippen LogP contribution in [-0.4, -0.2) is 59.1 Å². The number of hydrogen-bond donors (Lipinski definition) is 1. The Kier molecular flexibility index (Phi) is 5.01. The molecular weight excluding hydrogens is 228 g/mol. The van der Waals surface area contributed by atoms with E-state index in [1.165, 1.54) is 32.4 Å². The molecule has 0 bridgehead atoms. The van der Waals surface area contributed by atoms with E-state index in [1.54, 1.807) is 6.92 Å². The van der Waals surface area contributed by atoms with Crippen molar-refractivity contribution in [2.24, 2.45) is 0 Å². The zero-order valence-corrected chi connectivity index (χ0v) is 11.5. The molecule has 1 amide bonds. The molecular formula is C14H26N2O2. The number of carbonyl (C=O) groups excluding carboxylic acids is 1. The van der Waals surface area contributed by atoms with E-state index in [0.717, 1.165) is 19.5 Å². The van der Waals surface area contributed by atoms with E-state index in [1.807, 2.05) is 4.90 Å². The molecule has 0 aliphatic carbocycles. The number of hydrogen-bond acceptors (Lipinski definition) is 3. The second-order valence-corrected chi connectivity index (χ2v) is 5.77. The summed E-state index contributed by atoms with van der Waals surface area (Å²) in [7, 11) is 0. The zero-order valence-electron chi connectivity index (χ0n) is 11.5. The average Bonchev–Trinajstić information content (AvgIpc) is 2.86. The Morgan fingerprint density at radius 3 is 2.67 bits per heavy atom. The van der Waals surface area contributed by atoms with Crippen molar-refractivity contribution in [3.63, 3.8) is 0 Å². The second-order valence-electron chi connectivity index (χ2n) is 5.77. The van der Waals surface area contributed by atoms with Crippen molar-refractivity contribution in [1.29, 1.82) is 0 Å². The summed E-state index contributed by atoms with van der Waals surface area (Å²) < 4.78 is 0. The van der Waals surface area contributed by atoms with Gasteiger partial charge >= 0.3 is 0 Å². The van der Waals surface area contributed by atoms with E-state index in [9.17, 15) is 9.90 Å². The van der Waals surface area contributed by atoms with Crippen molar-refractivity contribution in [2.45, 2.75) is 57.6 Å². The van der Waals surface area contributed by atoms with Crippen LogP contribution in [-0.2, 0) is 4.79 Å². The molecule has 2 atom stereocenters. The van der Waals surface area contributed by atoms with Crippen molar-refractivity contribution in [3.05, 3.63) is 0 Å². The van der Waals surface area contributed by atoms with E-state index in [0.29, 0.717) is 18.9 Å². The van der Waals surface area contributed by atoms with E-state index in [4.69, 9.17) is 0 Å². The van der Waals surface area contributed by atoms with Gasteiger partial charge in [-0.05, 0) is 45.7 Å². The monoisotopic (exact) mass is 254 g/mol. The topological polar surface area (TPSA) is 43.8 Å². The van der Waals surface area contributed by atoms with E-state index in [2.05, 4.69) is 4.90 Å². The van der Waals surface area contributed by atoms with Crippen molar-refractivity contribution < 1.29 is 9.90 Å². The Morgan fingerprint density at radius 1 is 1.28 bits per heavy atom. The molecule has 1 N–H and O–H groups in total. The van der Waals surface area contributed by atoms with Gasteiger partial charge in [0.05, 0.1) is 6.10 Å². The number of likely N-dealkylation sites (tertiary alicyclic amines) is 2. The summed E-state index contributed by atoms with van der Waals surface area (Å²) >= 11 is 0. The molecule has 0 aromatic carbocycles. The van der Waals surface area contributed by atoms with Gasteiger partial charge in [0.1, 0.15) is 0 Å². The fraction of sp³-hybridized carbons (Fsp3) is 0.929. The Labute approximate surface area is 110 Å². The third-order valence-electron chi connectivity index (χ3n) is 4.20. The lowest BCUT2D eigenvalue weighted by atomic mass is 10.1. The highest BCUT2D eigenvalue weighted by molar-refractivity contribution is 5.76. The predicted molar refractivity (Wildman–Crippen MR) is 71.3 cm³/mol. The van der Waals surface area contributed by atoms with Gasteiger partial charge in [0, 0.05) is 25.6 Å². The molecule has 2 saturated heterocycles. The zero-order chi connectivity index (χ0) is 13.0. The highest BCUT2D eigenvalue weighted by Gasteiger charge is 2.30. The number of rotatable bonds is 4. The fourth-order valence-corrected chi connectivity index (χ4v) is 3.04. The summed E-state index contributed by atoms with van der Waals surface area (Å²) in [6, 6.07) is 0.584. The molecule has 0 aromatic heterocycles. The van der Waals surface area contributed by atoms with Crippen LogP contribution < -0.4 is 0 Å². The first kappa shape index (κ1) is 13.8. The van der Waals surface area contributed by atoms with Gasteiger partial charge in [0.2, 0.25) is 5.91 Å². The number of aliphatic hydroxyl groups is 1. The standard InChI is InChI=1S/C14H26N2O2/c1-12(17)5-6-14(18)16-10-7-13(11-16)15-8-3-2-4-9-15/h12-13,17H,2-11H2,1H3. The van der Waals surface area contributed by atoms with Crippen molar-refractivity contribution in [1.82, 2.24) is 9.80 Å². The molecule has 2 fully saturated rings. The molecule has 4 nitrogen and oxygen atoms in total. The molecule has 4 heteroatoms.